The molecule has 0 bridgehead atoms. The van der Waals surface area contributed by atoms with E-state index < -0.39 is 5.97 Å². The summed E-state index contributed by atoms with van der Waals surface area (Å²) < 4.78 is 0.703. The zero-order chi connectivity index (χ0) is 28.4. The van der Waals surface area contributed by atoms with E-state index in [9.17, 15) is 9.59 Å². The quantitative estimate of drug-likeness (QED) is 0.351. The molecule has 3 aromatic rings. The van der Waals surface area contributed by atoms with Crippen LogP contribution in [0.5, 0.6) is 0 Å². The van der Waals surface area contributed by atoms with Gasteiger partial charge in [0.2, 0.25) is 0 Å². The maximum atomic E-state index is 13.1. The number of halogens is 1. The van der Waals surface area contributed by atoms with Gasteiger partial charge in [0, 0.05) is 66.7 Å². The summed E-state index contributed by atoms with van der Waals surface area (Å²) in [6.07, 6.45) is 5.60. The molecule has 10 nitrogen and oxygen atoms in total. The smallest absolute Gasteiger partial charge is 0.304 e. The minimum atomic E-state index is -0.786. The van der Waals surface area contributed by atoms with E-state index in [1.165, 1.54) is 41.7 Å². The normalized spacial score (nSPS) is 22.1. The van der Waals surface area contributed by atoms with Crippen LogP contribution in [-0.2, 0) is 11.3 Å². The van der Waals surface area contributed by atoms with Crippen LogP contribution in [-0.4, -0.2) is 86.0 Å². The van der Waals surface area contributed by atoms with Gasteiger partial charge >= 0.3 is 5.97 Å². The number of rotatable bonds is 9. The van der Waals surface area contributed by atoms with Crippen LogP contribution in [0.4, 0.5) is 10.9 Å². The van der Waals surface area contributed by atoms with Crippen LogP contribution in [0.1, 0.15) is 55.4 Å². The summed E-state index contributed by atoms with van der Waals surface area (Å²) in [7, 11) is 0. The average Bonchev–Trinajstić information content (AvgIpc) is 3.63. The number of nitrogens with zero attached hydrogens (tertiary/aromatic N) is 6. The second-order valence-corrected chi connectivity index (χ2v) is 13.2. The Bertz CT molecular complexity index is 1340. The number of carboxylic acids is 1. The lowest BCUT2D eigenvalue weighted by molar-refractivity contribution is -0.137. The number of aliphatic carboxylic acids is 1. The third kappa shape index (κ3) is 6.63. The van der Waals surface area contributed by atoms with Gasteiger partial charge in [0.15, 0.2) is 5.13 Å². The van der Waals surface area contributed by atoms with E-state index in [1.807, 2.05) is 11.4 Å². The van der Waals surface area contributed by atoms with E-state index in [0.29, 0.717) is 40.5 Å². The number of thiophene rings is 1. The fourth-order valence-electron chi connectivity index (χ4n) is 5.44. The van der Waals surface area contributed by atoms with Gasteiger partial charge in [-0.3, -0.25) is 24.7 Å². The Hall–Kier alpha value is -2.64. The van der Waals surface area contributed by atoms with Crippen molar-refractivity contribution in [3.63, 3.8) is 0 Å². The highest BCUT2D eigenvalue weighted by atomic mass is 35.5. The lowest BCUT2D eigenvalue weighted by atomic mass is 10.2. The van der Waals surface area contributed by atoms with Gasteiger partial charge < -0.3 is 10.0 Å². The van der Waals surface area contributed by atoms with E-state index in [1.54, 1.807) is 6.20 Å². The molecule has 214 valence electrons. The SMILES string of the molecule is C[C@@H]1CN(c2cnc(C(=O)Nc3nc(-c4csc(Cl)c4)c(CN4[C@H](C)CC[C@H]4C)s3)cn2)CCN1CCC(=O)O. The first-order chi connectivity index (χ1) is 19.2. The predicted octanol–water partition coefficient (Wildman–Crippen LogP) is 4.93. The van der Waals surface area contributed by atoms with E-state index in [-0.39, 0.29) is 24.1 Å². The molecule has 2 aliphatic heterocycles. The van der Waals surface area contributed by atoms with Crippen molar-refractivity contribution < 1.29 is 14.7 Å². The molecule has 13 heteroatoms. The van der Waals surface area contributed by atoms with Crippen LogP contribution in [0.2, 0.25) is 4.34 Å². The van der Waals surface area contributed by atoms with Gasteiger partial charge in [0.25, 0.3) is 5.91 Å². The summed E-state index contributed by atoms with van der Waals surface area (Å²) in [6.45, 7) is 10.1. The monoisotopic (exact) mass is 603 g/mol. The number of likely N-dealkylation sites (tertiary alicyclic amines) is 1. The Morgan fingerprint density at radius 3 is 2.52 bits per heavy atom. The Labute approximate surface area is 247 Å². The molecule has 5 rings (SSSR count). The number of thiazole rings is 1. The van der Waals surface area contributed by atoms with Crippen LogP contribution in [0.3, 0.4) is 0 Å². The summed E-state index contributed by atoms with van der Waals surface area (Å²) in [5, 5.41) is 14.4. The van der Waals surface area contributed by atoms with Crippen molar-refractivity contribution in [3.8, 4) is 11.3 Å². The third-order valence-electron chi connectivity index (χ3n) is 7.79. The maximum absolute atomic E-state index is 13.1. The molecule has 3 aromatic heterocycles. The van der Waals surface area contributed by atoms with E-state index in [2.05, 4.69) is 50.8 Å². The van der Waals surface area contributed by atoms with Gasteiger partial charge in [-0.15, -0.1) is 11.3 Å². The lowest BCUT2D eigenvalue weighted by Crippen LogP contribution is -2.52. The van der Waals surface area contributed by atoms with E-state index >= 15 is 0 Å². The second kappa shape index (κ2) is 12.5. The molecule has 2 aliphatic rings. The molecule has 2 saturated heterocycles. The number of hydrogen-bond donors (Lipinski definition) is 2. The number of anilines is 2. The van der Waals surface area contributed by atoms with Gasteiger partial charge in [-0.25, -0.2) is 15.0 Å². The Kier molecular flexibility index (Phi) is 9.01. The largest absolute Gasteiger partial charge is 0.481 e. The molecule has 0 saturated carbocycles. The fraction of sp³-hybridized carbons (Fsp3) is 0.519. The van der Waals surface area contributed by atoms with Crippen LogP contribution in [0.15, 0.2) is 23.8 Å². The van der Waals surface area contributed by atoms with Crippen LogP contribution >= 0.6 is 34.3 Å². The highest BCUT2D eigenvalue weighted by Gasteiger charge is 2.30. The van der Waals surface area contributed by atoms with Crippen LogP contribution < -0.4 is 10.2 Å². The van der Waals surface area contributed by atoms with Crippen molar-refractivity contribution >= 4 is 57.1 Å². The third-order valence-corrected chi connectivity index (χ3v) is 9.84. The maximum Gasteiger partial charge on any atom is 0.304 e. The van der Waals surface area contributed by atoms with E-state index in [0.717, 1.165) is 35.8 Å². The van der Waals surface area contributed by atoms with Crippen molar-refractivity contribution in [2.24, 2.45) is 0 Å². The molecule has 3 atom stereocenters. The van der Waals surface area contributed by atoms with Crippen molar-refractivity contribution in [1.82, 2.24) is 24.8 Å². The number of carboxylic acid groups (broad SMARTS) is 1. The lowest BCUT2D eigenvalue weighted by Gasteiger charge is -2.40. The number of piperazine rings is 1. The van der Waals surface area contributed by atoms with Gasteiger partial charge in [-0.2, -0.15) is 0 Å². The molecular weight excluding hydrogens is 570 g/mol. The molecule has 0 spiro atoms. The Morgan fingerprint density at radius 2 is 1.90 bits per heavy atom. The highest BCUT2D eigenvalue weighted by Crippen LogP contribution is 2.38. The Balaban J connectivity index is 1.26. The number of carbonyl (C=O) groups is 2. The molecule has 40 heavy (non-hydrogen) atoms. The second-order valence-electron chi connectivity index (χ2n) is 10.6. The number of nitrogens with one attached hydrogen (secondary N) is 1. The summed E-state index contributed by atoms with van der Waals surface area (Å²) in [5.74, 6) is -0.446. The molecular formula is C27H34ClN7O3S2. The topological polar surface area (TPSA) is 115 Å². The molecule has 2 fully saturated rings. The van der Waals surface area contributed by atoms with Gasteiger partial charge in [0.05, 0.1) is 28.8 Å². The Morgan fingerprint density at radius 1 is 1.12 bits per heavy atom. The first-order valence-electron chi connectivity index (χ1n) is 13.5. The summed E-state index contributed by atoms with van der Waals surface area (Å²) >= 11 is 9.19. The van der Waals surface area contributed by atoms with Crippen molar-refractivity contribution in [1.29, 1.82) is 0 Å². The number of amides is 1. The fourth-order valence-corrected chi connectivity index (χ4v) is 7.29. The van der Waals surface area contributed by atoms with Gasteiger partial charge in [-0.1, -0.05) is 22.9 Å². The molecule has 0 aliphatic carbocycles. The first-order valence-corrected chi connectivity index (χ1v) is 15.6. The highest BCUT2D eigenvalue weighted by molar-refractivity contribution is 7.16. The van der Waals surface area contributed by atoms with Gasteiger partial charge in [-0.05, 0) is 39.7 Å². The number of aromatic nitrogens is 3. The zero-order valence-electron chi connectivity index (χ0n) is 22.8. The zero-order valence-corrected chi connectivity index (χ0v) is 25.2. The molecule has 0 unspecified atom stereocenters. The summed E-state index contributed by atoms with van der Waals surface area (Å²) in [4.78, 5) is 45.6. The number of hydrogen-bond acceptors (Lipinski definition) is 10. The minimum absolute atomic E-state index is 0.132. The first kappa shape index (κ1) is 28.9. The molecule has 2 N–H and O–H groups in total. The average molecular weight is 604 g/mol. The molecule has 0 radical (unpaired) electrons. The molecule has 0 aromatic carbocycles. The van der Waals surface area contributed by atoms with Crippen molar-refractivity contribution in [2.45, 2.75) is 64.7 Å². The molecule has 5 heterocycles. The van der Waals surface area contributed by atoms with Crippen LogP contribution in [0.25, 0.3) is 11.3 Å². The van der Waals surface area contributed by atoms with Crippen molar-refractivity contribution in [2.75, 3.05) is 36.4 Å². The number of carbonyl (C=O) groups excluding carboxylic acids is 1. The van der Waals surface area contributed by atoms with Crippen molar-refractivity contribution in [3.05, 3.63) is 38.7 Å². The predicted molar refractivity (Wildman–Crippen MR) is 160 cm³/mol. The summed E-state index contributed by atoms with van der Waals surface area (Å²) in [6, 6.07) is 3.11. The van der Waals surface area contributed by atoms with Crippen LogP contribution in [0, 0.1) is 0 Å². The van der Waals surface area contributed by atoms with E-state index in [4.69, 9.17) is 21.7 Å². The standard InChI is InChI=1S/C27H34ClN7O3S2/c1-16-4-5-17(2)35(16)14-21-25(19-10-22(28)39-15-19)31-27(40-21)32-26(38)20-11-30-23(12-29-20)34-9-8-33(18(3)13-34)7-6-24(36)37/h10-12,15-18H,4-9,13-14H2,1-3H3,(H,36,37)(H,31,32,38)/t16-,17-,18-/m1/s1. The molecule has 1 amide bonds. The minimum Gasteiger partial charge on any atom is -0.481 e. The summed E-state index contributed by atoms with van der Waals surface area (Å²) in [5.41, 5.74) is 2.03. The van der Waals surface area contributed by atoms with Gasteiger partial charge in [0.1, 0.15) is 11.5 Å².